The van der Waals surface area contributed by atoms with Crippen LogP contribution in [0.5, 0.6) is 5.75 Å². The number of anilines is 1. The topological polar surface area (TPSA) is 45.7 Å². The number of carbonyl (C=O) groups excluding carboxylic acids is 1. The molecule has 1 amide bonds. The van der Waals surface area contributed by atoms with Crippen molar-refractivity contribution in [3.8, 4) is 5.75 Å². The maximum atomic E-state index is 12.9. The van der Waals surface area contributed by atoms with E-state index in [1.54, 1.807) is 23.1 Å². The lowest BCUT2D eigenvalue weighted by Gasteiger charge is -2.32. The number of rotatable bonds is 7. The normalized spacial score (nSPS) is 10.9. The van der Waals surface area contributed by atoms with Gasteiger partial charge in [-0.3, -0.25) is 9.80 Å². The molecule has 0 atom stereocenters. The Morgan fingerprint density at radius 1 is 1.07 bits per heavy atom. The minimum atomic E-state index is -0.470. The summed E-state index contributed by atoms with van der Waals surface area (Å²) in [4.78, 5) is 21.1. The van der Waals surface area contributed by atoms with E-state index in [0.29, 0.717) is 41.9 Å². The van der Waals surface area contributed by atoms with Crippen molar-refractivity contribution in [1.82, 2.24) is 9.88 Å². The number of nitrogens with zero attached hydrogens (tertiary/aromatic N) is 3. The van der Waals surface area contributed by atoms with Gasteiger partial charge in [-0.05, 0) is 64.4 Å². The van der Waals surface area contributed by atoms with Gasteiger partial charge in [-0.1, -0.05) is 29.8 Å². The van der Waals surface area contributed by atoms with Crippen molar-refractivity contribution in [3.05, 3.63) is 53.2 Å². The van der Waals surface area contributed by atoms with Crippen molar-refractivity contribution in [3.63, 3.8) is 0 Å². The predicted molar refractivity (Wildman–Crippen MR) is 118 cm³/mol. The van der Waals surface area contributed by atoms with Gasteiger partial charge in [0.25, 0.3) is 0 Å². The Balaban J connectivity index is 0.00000392. The molecule has 0 fully saturated rings. The maximum absolute atomic E-state index is 12.9. The molecule has 0 aliphatic carbocycles. The molecule has 0 aliphatic heterocycles. The Morgan fingerprint density at radius 2 is 1.68 bits per heavy atom. The van der Waals surface area contributed by atoms with Crippen LogP contribution in [-0.4, -0.2) is 41.2 Å². The van der Waals surface area contributed by atoms with E-state index in [2.05, 4.69) is 37.6 Å². The third-order valence-electron chi connectivity index (χ3n) is 4.28. The quantitative estimate of drug-likeness (QED) is 0.542. The first kappa shape index (κ1) is 24.2. The van der Waals surface area contributed by atoms with Crippen molar-refractivity contribution in [2.45, 2.75) is 46.7 Å². The fourth-order valence-corrected chi connectivity index (χ4v) is 3.28. The van der Waals surface area contributed by atoms with E-state index in [1.807, 2.05) is 31.2 Å². The van der Waals surface area contributed by atoms with E-state index in [0.717, 1.165) is 5.56 Å². The van der Waals surface area contributed by atoms with Crippen molar-refractivity contribution in [2.75, 3.05) is 18.0 Å². The van der Waals surface area contributed by atoms with E-state index in [4.69, 9.17) is 16.3 Å². The summed E-state index contributed by atoms with van der Waals surface area (Å²) < 4.78 is 5.55. The van der Waals surface area contributed by atoms with Gasteiger partial charge in [0.05, 0.1) is 0 Å². The SMILES string of the molecule is Cc1cc(Cl)nc(N(CCN(C(C)C)C(C)C)C(=O)Oc2ccccc2)c1.Cl. The number of hydrogen-bond donors (Lipinski definition) is 0. The lowest BCUT2D eigenvalue weighted by Crippen LogP contribution is -2.45. The van der Waals surface area contributed by atoms with Gasteiger partial charge in [-0.25, -0.2) is 9.78 Å². The molecule has 0 bridgehead atoms. The Bertz CT molecular complexity index is 726. The molecule has 7 heteroatoms. The smallest absolute Gasteiger partial charge is 0.410 e. The van der Waals surface area contributed by atoms with Gasteiger partial charge >= 0.3 is 6.09 Å². The maximum Gasteiger partial charge on any atom is 0.420 e. The van der Waals surface area contributed by atoms with Gasteiger partial charge in [-0.2, -0.15) is 0 Å². The second kappa shape index (κ2) is 11.2. The molecule has 0 unspecified atom stereocenters. The number of halogens is 2. The van der Waals surface area contributed by atoms with Crippen molar-refractivity contribution in [2.24, 2.45) is 0 Å². The second-order valence-electron chi connectivity index (χ2n) is 7.08. The van der Waals surface area contributed by atoms with E-state index in [9.17, 15) is 4.79 Å². The van der Waals surface area contributed by atoms with Crippen LogP contribution in [0.1, 0.15) is 33.3 Å². The Hall–Kier alpha value is -1.82. The molecule has 2 aromatic rings. The zero-order valence-corrected chi connectivity index (χ0v) is 18.6. The fraction of sp³-hybridized carbons (Fsp3) is 0.429. The molecule has 0 radical (unpaired) electrons. The summed E-state index contributed by atoms with van der Waals surface area (Å²) in [7, 11) is 0. The first-order chi connectivity index (χ1) is 12.8. The summed E-state index contributed by atoms with van der Waals surface area (Å²) in [6, 6.07) is 13.4. The highest BCUT2D eigenvalue weighted by Crippen LogP contribution is 2.20. The molecule has 0 N–H and O–H groups in total. The van der Waals surface area contributed by atoms with Crippen molar-refractivity contribution < 1.29 is 9.53 Å². The molecule has 0 saturated heterocycles. The first-order valence-electron chi connectivity index (χ1n) is 9.22. The molecular formula is C21H29Cl2N3O2. The van der Waals surface area contributed by atoms with Gasteiger partial charge in [0.2, 0.25) is 0 Å². The number of benzene rings is 1. The van der Waals surface area contributed by atoms with Crippen LogP contribution in [0.15, 0.2) is 42.5 Å². The standard InChI is InChI=1S/C21H28ClN3O2.ClH/c1-15(2)24(16(3)4)11-12-25(20-14-17(5)13-19(22)23-20)21(26)27-18-9-7-6-8-10-18;/h6-10,13-16H,11-12H2,1-5H3;1H. The predicted octanol–water partition coefficient (Wildman–Crippen LogP) is 5.59. The van der Waals surface area contributed by atoms with Crippen LogP contribution < -0.4 is 9.64 Å². The van der Waals surface area contributed by atoms with Crippen molar-refractivity contribution in [1.29, 1.82) is 0 Å². The van der Waals surface area contributed by atoms with Crippen LogP contribution >= 0.6 is 24.0 Å². The molecule has 1 heterocycles. The van der Waals surface area contributed by atoms with Gasteiger partial charge in [0, 0.05) is 25.2 Å². The fourth-order valence-electron chi connectivity index (χ4n) is 3.02. The average molecular weight is 426 g/mol. The number of para-hydroxylation sites is 1. The van der Waals surface area contributed by atoms with E-state index < -0.39 is 6.09 Å². The second-order valence-corrected chi connectivity index (χ2v) is 7.47. The highest BCUT2D eigenvalue weighted by molar-refractivity contribution is 6.29. The minimum Gasteiger partial charge on any atom is -0.410 e. The number of pyridine rings is 1. The highest BCUT2D eigenvalue weighted by Gasteiger charge is 2.23. The number of aryl methyl sites for hydroxylation is 1. The van der Waals surface area contributed by atoms with Crippen LogP contribution in [0, 0.1) is 6.92 Å². The van der Waals surface area contributed by atoms with Gasteiger partial charge in [0.15, 0.2) is 0 Å². The summed E-state index contributed by atoms with van der Waals surface area (Å²) in [5.74, 6) is 0.990. The molecule has 0 saturated carbocycles. The Labute approximate surface area is 179 Å². The van der Waals surface area contributed by atoms with Crippen LogP contribution in [0.4, 0.5) is 10.6 Å². The molecule has 28 heavy (non-hydrogen) atoms. The highest BCUT2D eigenvalue weighted by atomic mass is 35.5. The number of hydrogen-bond acceptors (Lipinski definition) is 4. The lowest BCUT2D eigenvalue weighted by atomic mass is 10.2. The van der Waals surface area contributed by atoms with Crippen LogP contribution in [0.2, 0.25) is 5.15 Å². The lowest BCUT2D eigenvalue weighted by molar-refractivity contribution is 0.174. The third kappa shape index (κ3) is 6.97. The molecule has 154 valence electrons. The average Bonchev–Trinajstić information content (AvgIpc) is 2.57. The van der Waals surface area contributed by atoms with E-state index >= 15 is 0 Å². The number of carbonyl (C=O) groups is 1. The molecule has 1 aromatic heterocycles. The molecule has 5 nitrogen and oxygen atoms in total. The number of aromatic nitrogens is 1. The van der Waals surface area contributed by atoms with Gasteiger partial charge in [0.1, 0.15) is 16.7 Å². The number of amides is 1. The molecule has 0 spiro atoms. The monoisotopic (exact) mass is 425 g/mol. The summed E-state index contributed by atoms with van der Waals surface area (Å²) in [5.41, 5.74) is 0.937. The van der Waals surface area contributed by atoms with Crippen LogP contribution in [0.25, 0.3) is 0 Å². The zero-order valence-electron chi connectivity index (χ0n) is 17.1. The van der Waals surface area contributed by atoms with E-state index in [-0.39, 0.29) is 12.4 Å². The van der Waals surface area contributed by atoms with E-state index in [1.165, 1.54) is 0 Å². The van der Waals surface area contributed by atoms with Crippen molar-refractivity contribution >= 4 is 35.9 Å². The molecule has 1 aromatic carbocycles. The van der Waals surface area contributed by atoms with Crippen LogP contribution in [-0.2, 0) is 0 Å². The number of ether oxygens (including phenoxy) is 1. The Morgan fingerprint density at radius 3 is 2.21 bits per heavy atom. The van der Waals surface area contributed by atoms with Crippen LogP contribution in [0.3, 0.4) is 0 Å². The van der Waals surface area contributed by atoms with Gasteiger partial charge < -0.3 is 4.74 Å². The summed E-state index contributed by atoms with van der Waals surface area (Å²) in [6.45, 7) is 11.7. The molecule has 0 aliphatic rings. The molecular weight excluding hydrogens is 397 g/mol. The summed E-state index contributed by atoms with van der Waals surface area (Å²) in [6.07, 6.45) is -0.470. The summed E-state index contributed by atoms with van der Waals surface area (Å²) >= 11 is 6.12. The molecule has 2 rings (SSSR count). The zero-order chi connectivity index (χ0) is 20.0. The Kier molecular flexibility index (Phi) is 9.73. The minimum absolute atomic E-state index is 0. The summed E-state index contributed by atoms with van der Waals surface area (Å²) in [5, 5.41) is 0.354. The van der Waals surface area contributed by atoms with Gasteiger partial charge in [-0.15, -0.1) is 12.4 Å². The largest absolute Gasteiger partial charge is 0.420 e. The third-order valence-corrected chi connectivity index (χ3v) is 4.47. The first-order valence-corrected chi connectivity index (χ1v) is 9.60.